The van der Waals surface area contributed by atoms with Gasteiger partial charge in [0.05, 0.1) is 22.3 Å². The van der Waals surface area contributed by atoms with E-state index in [4.69, 9.17) is 0 Å². The first-order valence-electron chi connectivity index (χ1n) is 10.2. The van der Waals surface area contributed by atoms with Crippen molar-refractivity contribution in [2.24, 2.45) is 0 Å². The van der Waals surface area contributed by atoms with E-state index in [1.54, 1.807) is 36.7 Å². The van der Waals surface area contributed by atoms with Crippen LogP contribution in [-0.4, -0.2) is 49.8 Å². The van der Waals surface area contributed by atoms with Gasteiger partial charge >= 0.3 is 0 Å². The van der Waals surface area contributed by atoms with E-state index >= 15 is 0 Å². The fourth-order valence-corrected chi connectivity index (χ4v) is 5.52. The van der Waals surface area contributed by atoms with Crippen molar-refractivity contribution >= 4 is 27.3 Å². The summed E-state index contributed by atoms with van der Waals surface area (Å²) in [6.45, 7) is 2.80. The summed E-state index contributed by atoms with van der Waals surface area (Å²) in [5.41, 5.74) is 1.74. The molecule has 0 unspecified atom stereocenters. The Labute approximate surface area is 171 Å². The molecule has 1 aromatic carbocycles. The lowest BCUT2D eigenvalue weighted by atomic mass is 10.1. The number of hydrogen-bond donors (Lipinski definition) is 1. The minimum atomic E-state index is -3.61. The minimum Gasteiger partial charge on any atom is -0.371 e. The highest BCUT2D eigenvalue weighted by Gasteiger charge is 2.28. The lowest BCUT2D eigenvalue weighted by Crippen LogP contribution is -2.35. The van der Waals surface area contributed by atoms with Crippen molar-refractivity contribution in [1.82, 2.24) is 9.29 Å². The average molecular weight is 415 g/mol. The molecule has 8 heteroatoms. The molecule has 154 valence electrons. The van der Waals surface area contributed by atoms with Crippen LogP contribution in [0, 0.1) is 0 Å². The minimum absolute atomic E-state index is 0.179. The van der Waals surface area contributed by atoms with E-state index in [2.05, 4.69) is 15.2 Å². The first kappa shape index (κ1) is 19.8. The summed E-state index contributed by atoms with van der Waals surface area (Å²) in [4.78, 5) is 19.4. The first-order valence-corrected chi connectivity index (χ1v) is 11.6. The van der Waals surface area contributed by atoms with Crippen LogP contribution >= 0.6 is 0 Å². The zero-order chi connectivity index (χ0) is 20.3. The molecule has 1 N–H and O–H groups in total. The molecule has 2 aliphatic rings. The van der Waals surface area contributed by atoms with E-state index < -0.39 is 10.0 Å². The number of nitrogens with one attached hydrogen (secondary N) is 1. The van der Waals surface area contributed by atoms with E-state index in [0.717, 1.165) is 50.9 Å². The van der Waals surface area contributed by atoms with Crippen LogP contribution in [0.1, 0.15) is 42.5 Å². The van der Waals surface area contributed by atoms with Gasteiger partial charge in [-0.3, -0.25) is 9.78 Å². The number of benzene rings is 1. The van der Waals surface area contributed by atoms with Crippen molar-refractivity contribution in [3.63, 3.8) is 0 Å². The number of piperidine rings is 1. The average Bonchev–Trinajstić information content (AvgIpc) is 3.29. The molecule has 3 heterocycles. The molecule has 2 saturated heterocycles. The Kier molecular flexibility index (Phi) is 5.82. The van der Waals surface area contributed by atoms with Crippen molar-refractivity contribution in [2.45, 2.75) is 37.0 Å². The van der Waals surface area contributed by atoms with Gasteiger partial charge in [0.2, 0.25) is 10.0 Å². The molecule has 29 heavy (non-hydrogen) atoms. The van der Waals surface area contributed by atoms with Crippen LogP contribution in [0.15, 0.2) is 47.6 Å². The third kappa shape index (κ3) is 4.28. The fourth-order valence-electron chi connectivity index (χ4n) is 3.98. The Morgan fingerprint density at radius 1 is 0.966 bits per heavy atom. The standard InChI is InChI=1S/C21H26N4O3S/c26-21(23-17-7-6-10-22-16-17)19-15-18(8-9-20(19)24-11-4-5-12-24)29(27,28)25-13-2-1-3-14-25/h6-10,15-16H,1-5,11-14H2,(H,23,26). The quantitative estimate of drug-likeness (QED) is 0.813. The number of rotatable bonds is 5. The summed E-state index contributed by atoms with van der Waals surface area (Å²) < 4.78 is 27.8. The SMILES string of the molecule is O=C(Nc1cccnc1)c1cc(S(=O)(=O)N2CCCCC2)ccc1N1CCCC1. The van der Waals surface area contributed by atoms with E-state index in [1.807, 2.05) is 0 Å². The Bertz CT molecular complexity index is 967. The Morgan fingerprint density at radius 2 is 1.69 bits per heavy atom. The van der Waals surface area contributed by atoms with Crippen LogP contribution in [0.5, 0.6) is 0 Å². The Morgan fingerprint density at radius 3 is 2.38 bits per heavy atom. The number of hydrogen-bond acceptors (Lipinski definition) is 5. The van der Waals surface area contributed by atoms with Crippen molar-refractivity contribution < 1.29 is 13.2 Å². The van der Waals surface area contributed by atoms with E-state index in [9.17, 15) is 13.2 Å². The van der Waals surface area contributed by atoms with Gasteiger partial charge in [-0.1, -0.05) is 6.42 Å². The van der Waals surface area contributed by atoms with Crippen molar-refractivity contribution in [3.05, 3.63) is 48.3 Å². The second-order valence-corrected chi connectivity index (χ2v) is 9.47. The number of aromatic nitrogens is 1. The van der Waals surface area contributed by atoms with E-state index in [-0.39, 0.29) is 10.8 Å². The molecule has 0 radical (unpaired) electrons. The lowest BCUT2D eigenvalue weighted by molar-refractivity contribution is 0.102. The summed E-state index contributed by atoms with van der Waals surface area (Å²) in [6, 6.07) is 8.45. The van der Waals surface area contributed by atoms with Gasteiger partial charge in [0.25, 0.3) is 5.91 Å². The molecule has 7 nitrogen and oxygen atoms in total. The van der Waals surface area contributed by atoms with Crippen LogP contribution in [0.4, 0.5) is 11.4 Å². The Balaban J connectivity index is 1.69. The van der Waals surface area contributed by atoms with Crippen LogP contribution < -0.4 is 10.2 Å². The summed E-state index contributed by atoms with van der Waals surface area (Å²) in [7, 11) is -3.61. The van der Waals surface area contributed by atoms with E-state index in [0.29, 0.717) is 24.3 Å². The molecule has 2 fully saturated rings. The topological polar surface area (TPSA) is 82.6 Å². The third-order valence-corrected chi connectivity index (χ3v) is 7.43. The maximum Gasteiger partial charge on any atom is 0.257 e. The van der Waals surface area contributed by atoms with Gasteiger partial charge < -0.3 is 10.2 Å². The van der Waals surface area contributed by atoms with Gasteiger partial charge in [-0.15, -0.1) is 0 Å². The summed E-state index contributed by atoms with van der Waals surface area (Å²) >= 11 is 0. The van der Waals surface area contributed by atoms with Crippen molar-refractivity contribution in [1.29, 1.82) is 0 Å². The monoisotopic (exact) mass is 414 g/mol. The highest BCUT2D eigenvalue weighted by molar-refractivity contribution is 7.89. The molecule has 4 rings (SSSR count). The molecule has 1 aromatic heterocycles. The van der Waals surface area contributed by atoms with Crippen molar-refractivity contribution in [3.8, 4) is 0 Å². The molecule has 0 aliphatic carbocycles. The van der Waals surface area contributed by atoms with Crippen molar-refractivity contribution in [2.75, 3.05) is 36.4 Å². The molecule has 0 spiro atoms. The van der Waals surface area contributed by atoms with E-state index in [1.165, 1.54) is 10.4 Å². The molecular formula is C21H26N4O3S. The number of carbonyl (C=O) groups excluding carboxylic acids is 1. The largest absolute Gasteiger partial charge is 0.371 e. The highest BCUT2D eigenvalue weighted by atomic mass is 32.2. The maximum atomic E-state index is 13.1. The van der Waals surface area contributed by atoms with Gasteiger partial charge in [-0.05, 0) is 56.0 Å². The molecule has 2 aromatic rings. The number of carbonyl (C=O) groups is 1. The highest BCUT2D eigenvalue weighted by Crippen LogP contribution is 2.30. The predicted octanol–water partition coefficient (Wildman–Crippen LogP) is 3.11. The molecular weight excluding hydrogens is 388 g/mol. The summed E-state index contributed by atoms with van der Waals surface area (Å²) in [6.07, 6.45) is 8.14. The number of pyridine rings is 1. The first-order chi connectivity index (χ1) is 14.1. The molecule has 0 saturated carbocycles. The maximum absolute atomic E-state index is 13.1. The van der Waals surface area contributed by atoms with Crippen LogP contribution in [0.2, 0.25) is 0 Å². The van der Waals surface area contributed by atoms with Gasteiger partial charge in [0.1, 0.15) is 0 Å². The Hall–Kier alpha value is -2.45. The molecule has 0 atom stereocenters. The van der Waals surface area contributed by atoms with Gasteiger partial charge in [-0.25, -0.2) is 8.42 Å². The lowest BCUT2D eigenvalue weighted by Gasteiger charge is -2.27. The van der Waals surface area contributed by atoms with Crippen LogP contribution in [0.3, 0.4) is 0 Å². The molecule has 1 amide bonds. The molecule has 2 aliphatic heterocycles. The van der Waals surface area contributed by atoms with Gasteiger partial charge in [0, 0.05) is 38.1 Å². The smallest absolute Gasteiger partial charge is 0.257 e. The second-order valence-electron chi connectivity index (χ2n) is 7.53. The second kappa shape index (κ2) is 8.51. The predicted molar refractivity (Wildman–Crippen MR) is 113 cm³/mol. The number of sulfonamides is 1. The molecule has 0 bridgehead atoms. The summed E-state index contributed by atoms with van der Waals surface area (Å²) in [5.74, 6) is -0.324. The van der Waals surface area contributed by atoms with Gasteiger partial charge in [0.15, 0.2) is 0 Å². The zero-order valence-corrected chi connectivity index (χ0v) is 17.2. The normalized spacial score (nSPS) is 18.0. The number of anilines is 2. The third-order valence-electron chi connectivity index (χ3n) is 5.53. The zero-order valence-electron chi connectivity index (χ0n) is 16.4. The fraction of sp³-hybridized carbons (Fsp3) is 0.429. The summed E-state index contributed by atoms with van der Waals surface area (Å²) in [5, 5.41) is 2.84. The van der Waals surface area contributed by atoms with Gasteiger partial charge in [-0.2, -0.15) is 4.31 Å². The number of nitrogens with zero attached hydrogens (tertiary/aromatic N) is 3. The number of amides is 1. The van der Waals surface area contributed by atoms with Crippen LogP contribution in [0.25, 0.3) is 0 Å². The van der Waals surface area contributed by atoms with Crippen LogP contribution in [-0.2, 0) is 10.0 Å².